The van der Waals surface area contributed by atoms with E-state index in [0.717, 1.165) is 17.7 Å². The van der Waals surface area contributed by atoms with Crippen LogP contribution < -0.4 is 10.6 Å². The largest absolute Gasteiger partial charge is 0.362 e. The second-order valence-corrected chi connectivity index (χ2v) is 6.15. The molecule has 3 nitrogen and oxygen atoms in total. The first-order valence-electron chi connectivity index (χ1n) is 6.95. The van der Waals surface area contributed by atoms with Crippen LogP contribution in [0, 0.1) is 5.92 Å². The highest BCUT2D eigenvalue weighted by Crippen LogP contribution is 2.26. The lowest BCUT2D eigenvalue weighted by Gasteiger charge is -2.33. The zero-order valence-corrected chi connectivity index (χ0v) is 11.9. The van der Waals surface area contributed by atoms with Crippen molar-refractivity contribution < 1.29 is 0 Å². The number of piperidine rings is 1. The van der Waals surface area contributed by atoms with Crippen LogP contribution in [0.3, 0.4) is 0 Å². The molecule has 2 heterocycles. The summed E-state index contributed by atoms with van der Waals surface area (Å²) in [5.74, 6) is 0.643. The molecule has 0 radical (unpaired) electrons. The molecule has 2 aliphatic rings. The predicted molar refractivity (Wildman–Crippen MR) is 76.2 cm³/mol. The van der Waals surface area contributed by atoms with Crippen LogP contribution in [-0.4, -0.2) is 41.7 Å². The normalized spacial score (nSPS) is 29.1. The first kappa shape index (κ1) is 13.1. The average molecular weight is 255 g/mol. The molecule has 2 N–H and O–H groups in total. The smallest absolute Gasteiger partial charge is 0.166 e. The molecule has 2 unspecified atom stereocenters. The lowest BCUT2D eigenvalue weighted by molar-refractivity contribution is 0.185. The van der Waals surface area contributed by atoms with E-state index in [0.29, 0.717) is 12.0 Å². The number of fused-ring (bicyclic) bond motifs is 1. The fourth-order valence-corrected chi connectivity index (χ4v) is 3.17. The van der Waals surface area contributed by atoms with Crippen molar-refractivity contribution in [2.45, 2.75) is 51.6 Å². The van der Waals surface area contributed by atoms with Gasteiger partial charge in [0.25, 0.3) is 0 Å². The van der Waals surface area contributed by atoms with Crippen LogP contribution in [0.25, 0.3) is 0 Å². The summed E-state index contributed by atoms with van der Waals surface area (Å²) in [6.45, 7) is 7.90. The van der Waals surface area contributed by atoms with E-state index in [9.17, 15) is 0 Å². The Labute approximate surface area is 110 Å². The zero-order chi connectivity index (χ0) is 12.3. The molecule has 0 aromatic rings. The standard InChI is InChI=1S/C13H25N3S/c1-10(2)9-14-13(17)15-11-6-8-16-7-4-3-5-12(11)16/h10-12H,3-9H2,1-2H3,(H2,14,15,17). The Kier molecular flexibility index (Phi) is 4.62. The molecule has 0 aliphatic carbocycles. The Morgan fingerprint density at radius 3 is 2.88 bits per heavy atom. The van der Waals surface area contributed by atoms with Crippen molar-refractivity contribution in [3.8, 4) is 0 Å². The van der Waals surface area contributed by atoms with E-state index in [4.69, 9.17) is 12.2 Å². The number of nitrogens with zero attached hydrogens (tertiary/aromatic N) is 1. The van der Waals surface area contributed by atoms with Crippen molar-refractivity contribution >= 4 is 17.3 Å². The monoisotopic (exact) mass is 255 g/mol. The molecule has 98 valence electrons. The van der Waals surface area contributed by atoms with Gasteiger partial charge in [-0.2, -0.15) is 0 Å². The highest BCUT2D eigenvalue weighted by atomic mass is 32.1. The molecule has 2 rings (SSSR count). The number of rotatable bonds is 3. The molecular formula is C13H25N3S. The Morgan fingerprint density at radius 1 is 1.29 bits per heavy atom. The highest BCUT2D eigenvalue weighted by molar-refractivity contribution is 7.80. The third-order valence-electron chi connectivity index (χ3n) is 3.84. The Bertz CT molecular complexity index is 267. The maximum atomic E-state index is 5.36. The van der Waals surface area contributed by atoms with Gasteiger partial charge in [0.1, 0.15) is 0 Å². The minimum atomic E-state index is 0.572. The van der Waals surface area contributed by atoms with E-state index in [1.165, 1.54) is 38.8 Å². The Balaban J connectivity index is 1.77. The fourth-order valence-electron chi connectivity index (χ4n) is 2.93. The van der Waals surface area contributed by atoms with E-state index < -0.39 is 0 Å². The summed E-state index contributed by atoms with van der Waals surface area (Å²) in [6.07, 6.45) is 5.34. The van der Waals surface area contributed by atoms with Crippen molar-refractivity contribution in [2.24, 2.45) is 5.92 Å². The molecule has 2 fully saturated rings. The first-order valence-corrected chi connectivity index (χ1v) is 7.36. The second kappa shape index (κ2) is 6.01. The number of thiocarbonyl (C=S) groups is 1. The van der Waals surface area contributed by atoms with Crippen LogP contribution in [0.15, 0.2) is 0 Å². The van der Waals surface area contributed by atoms with Gasteiger partial charge < -0.3 is 10.6 Å². The third kappa shape index (κ3) is 3.55. The van der Waals surface area contributed by atoms with Crippen LogP contribution >= 0.6 is 12.2 Å². The van der Waals surface area contributed by atoms with Gasteiger partial charge in [-0.15, -0.1) is 0 Å². The molecule has 17 heavy (non-hydrogen) atoms. The summed E-state index contributed by atoms with van der Waals surface area (Å²) >= 11 is 5.36. The van der Waals surface area contributed by atoms with Gasteiger partial charge in [-0.1, -0.05) is 20.3 Å². The van der Waals surface area contributed by atoms with Gasteiger partial charge in [0.15, 0.2) is 5.11 Å². The molecule has 0 saturated carbocycles. The minimum Gasteiger partial charge on any atom is -0.362 e. The summed E-state index contributed by atoms with van der Waals surface area (Å²) in [5, 5.41) is 7.66. The van der Waals surface area contributed by atoms with Crippen molar-refractivity contribution in [2.75, 3.05) is 19.6 Å². The molecule has 0 amide bonds. The van der Waals surface area contributed by atoms with Crippen molar-refractivity contribution in [1.82, 2.24) is 15.5 Å². The lowest BCUT2D eigenvalue weighted by atomic mass is 9.99. The molecular weight excluding hydrogens is 230 g/mol. The van der Waals surface area contributed by atoms with Gasteiger partial charge in [-0.25, -0.2) is 0 Å². The van der Waals surface area contributed by atoms with E-state index >= 15 is 0 Å². The molecule has 2 aliphatic heterocycles. The Morgan fingerprint density at radius 2 is 2.12 bits per heavy atom. The van der Waals surface area contributed by atoms with Crippen molar-refractivity contribution in [3.63, 3.8) is 0 Å². The van der Waals surface area contributed by atoms with Gasteiger partial charge in [-0.05, 0) is 43.9 Å². The van der Waals surface area contributed by atoms with Crippen molar-refractivity contribution in [3.05, 3.63) is 0 Å². The molecule has 0 bridgehead atoms. The molecule has 2 saturated heterocycles. The van der Waals surface area contributed by atoms with Crippen LogP contribution in [0.1, 0.15) is 39.5 Å². The maximum absolute atomic E-state index is 5.36. The van der Waals surface area contributed by atoms with Gasteiger partial charge in [-0.3, -0.25) is 4.90 Å². The summed E-state index contributed by atoms with van der Waals surface area (Å²) in [4.78, 5) is 2.63. The SMILES string of the molecule is CC(C)CNC(=S)NC1CCN2CCCCC12. The lowest BCUT2D eigenvalue weighted by Crippen LogP contribution is -2.50. The maximum Gasteiger partial charge on any atom is 0.166 e. The van der Waals surface area contributed by atoms with E-state index in [1.54, 1.807) is 0 Å². The molecule has 0 spiro atoms. The quantitative estimate of drug-likeness (QED) is 0.751. The van der Waals surface area contributed by atoms with Gasteiger partial charge >= 0.3 is 0 Å². The van der Waals surface area contributed by atoms with Crippen molar-refractivity contribution in [1.29, 1.82) is 0 Å². The number of nitrogens with one attached hydrogen (secondary N) is 2. The van der Waals surface area contributed by atoms with Crippen LogP contribution in [-0.2, 0) is 0 Å². The van der Waals surface area contributed by atoms with Gasteiger partial charge in [0.05, 0.1) is 0 Å². The highest BCUT2D eigenvalue weighted by Gasteiger charge is 2.35. The summed E-state index contributed by atoms with van der Waals surface area (Å²) in [6, 6.07) is 1.30. The minimum absolute atomic E-state index is 0.572. The first-order chi connectivity index (χ1) is 8.16. The second-order valence-electron chi connectivity index (χ2n) is 5.74. The Hall–Kier alpha value is -0.350. The van der Waals surface area contributed by atoms with Gasteiger partial charge in [0.2, 0.25) is 0 Å². The van der Waals surface area contributed by atoms with Gasteiger partial charge in [0, 0.05) is 25.2 Å². The van der Waals surface area contributed by atoms with E-state index in [1.807, 2.05) is 0 Å². The third-order valence-corrected chi connectivity index (χ3v) is 4.11. The van der Waals surface area contributed by atoms with Crippen LogP contribution in [0.5, 0.6) is 0 Å². The zero-order valence-electron chi connectivity index (χ0n) is 11.0. The number of hydrogen-bond donors (Lipinski definition) is 2. The van der Waals surface area contributed by atoms with Crippen LogP contribution in [0.2, 0.25) is 0 Å². The molecule has 2 atom stereocenters. The summed E-state index contributed by atoms with van der Waals surface area (Å²) in [7, 11) is 0. The summed E-state index contributed by atoms with van der Waals surface area (Å²) < 4.78 is 0. The topological polar surface area (TPSA) is 27.3 Å². The molecule has 0 aromatic carbocycles. The van der Waals surface area contributed by atoms with Crippen LogP contribution in [0.4, 0.5) is 0 Å². The average Bonchev–Trinajstić information content (AvgIpc) is 2.70. The van der Waals surface area contributed by atoms with E-state index in [2.05, 4.69) is 29.4 Å². The summed E-state index contributed by atoms with van der Waals surface area (Å²) in [5.41, 5.74) is 0. The fraction of sp³-hybridized carbons (Fsp3) is 0.923. The molecule has 4 heteroatoms. The van der Waals surface area contributed by atoms with E-state index in [-0.39, 0.29) is 0 Å². The molecule has 0 aromatic heterocycles. The number of hydrogen-bond acceptors (Lipinski definition) is 2. The predicted octanol–water partition coefficient (Wildman–Crippen LogP) is 1.73.